The quantitative estimate of drug-likeness (QED) is 0.901. The third-order valence-corrected chi connectivity index (χ3v) is 2.92. The van der Waals surface area contributed by atoms with Crippen molar-refractivity contribution in [3.63, 3.8) is 0 Å². The predicted octanol–water partition coefficient (Wildman–Crippen LogP) is 2.67. The zero-order valence-electron chi connectivity index (χ0n) is 10.4. The van der Waals surface area contributed by atoms with Crippen LogP contribution in [0.1, 0.15) is 11.7 Å². The Labute approximate surface area is 110 Å². The highest BCUT2D eigenvalue weighted by atomic mass is 19.1. The van der Waals surface area contributed by atoms with Crippen molar-refractivity contribution in [1.29, 1.82) is 0 Å². The number of hydrogen-bond acceptors (Lipinski definition) is 4. The van der Waals surface area contributed by atoms with Crippen molar-refractivity contribution in [2.24, 2.45) is 0 Å². The Morgan fingerprint density at radius 1 is 1.32 bits per heavy atom. The van der Waals surface area contributed by atoms with Crippen LogP contribution in [0.4, 0.5) is 4.39 Å². The molecule has 1 aromatic carbocycles. The Balaban J connectivity index is 2.10. The molecule has 98 valence electrons. The fourth-order valence-electron chi connectivity index (χ4n) is 2.06. The molecule has 0 radical (unpaired) electrons. The second-order valence-electron chi connectivity index (χ2n) is 4.26. The molecule has 1 atom stereocenters. The molecule has 0 bridgehead atoms. The molecular formula is C14H13FN2O2. The highest BCUT2D eigenvalue weighted by molar-refractivity contribution is 5.45. The van der Waals surface area contributed by atoms with Crippen LogP contribution in [0.25, 0.3) is 0 Å². The predicted molar refractivity (Wildman–Crippen MR) is 68.0 cm³/mol. The molecule has 0 saturated heterocycles. The fraction of sp³-hybridized carbons (Fsp3) is 0.214. The van der Waals surface area contributed by atoms with Gasteiger partial charge in [-0.1, -0.05) is 0 Å². The molecule has 1 aromatic heterocycles. The molecule has 3 rings (SSSR count). The van der Waals surface area contributed by atoms with Crippen LogP contribution in [0.5, 0.6) is 17.4 Å². The number of hydrogen-bond donors (Lipinski definition) is 1. The third kappa shape index (κ3) is 2.24. The summed E-state index contributed by atoms with van der Waals surface area (Å²) in [5.41, 5.74) is 0.800. The molecule has 0 fully saturated rings. The van der Waals surface area contributed by atoms with E-state index in [2.05, 4.69) is 10.3 Å². The van der Waals surface area contributed by atoms with E-state index in [-0.39, 0.29) is 11.9 Å². The molecule has 2 heterocycles. The van der Waals surface area contributed by atoms with Crippen molar-refractivity contribution >= 4 is 0 Å². The van der Waals surface area contributed by atoms with Crippen LogP contribution < -0.4 is 14.8 Å². The van der Waals surface area contributed by atoms with Gasteiger partial charge in [0.25, 0.3) is 5.88 Å². The van der Waals surface area contributed by atoms with Crippen LogP contribution in [-0.4, -0.2) is 18.6 Å². The molecule has 4 nitrogen and oxygen atoms in total. The van der Waals surface area contributed by atoms with Crippen molar-refractivity contribution in [3.05, 3.63) is 47.9 Å². The van der Waals surface area contributed by atoms with Crippen LogP contribution in [0.2, 0.25) is 0 Å². The summed E-state index contributed by atoms with van der Waals surface area (Å²) in [6, 6.07) is 7.94. The SMILES string of the molecule is CNCC1Oc2ncccc2Oc2cc(F)ccc21. The lowest BCUT2D eigenvalue weighted by Gasteiger charge is -2.16. The van der Waals surface area contributed by atoms with E-state index in [0.717, 1.165) is 5.56 Å². The normalized spacial score (nSPS) is 16.6. The molecule has 2 aromatic rings. The Kier molecular flexibility index (Phi) is 3.05. The summed E-state index contributed by atoms with van der Waals surface area (Å²) in [7, 11) is 1.83. The second-order valence-corrected chi connectivity index (χ2v) is 4.26. The molecule has 0 amide bonds. The summed E-state index contributed by atoms with van der Waals surface area (Å²) >= 11 is 0. The largest absolute Gasteiger partial charge is 0.465 e. The van der Waals surface area contributed by atoms with E-state index in [1.54, 1.807) is 24.4 Å². The van der Waals surface area contributed by atoms with Crippen molar-refractivity contribution in [2.45, 2.75) is 6.10 Å². The van der Waals surface area contributed by atoms with E-state index in [1.807, 2.05) is 7.05 Å². The Bertz CT molecular complexity index is 604. The van der Waals surface area contributed by atoms with Crippen molar-refractivity contribution in [1.82, 2.24) is 10.3 Å². The van der Waals surface area contributed by atoms with E-state index < -0.39 is 0 Å². The smallest absolute Gasteiger partial charge is 0.258 e. The second kappa shape index (κ2) is 4.85. The van der Waals surface area contributed by atoms with E-state index in [4.69, 9.17) is 9.47 Å². The molecule has 1 aliphatic heterocycles. The average Bonchev–Trinajstić information content (AvgIpc) is 2.55. The standard InChI is InChI=1S/C14H13FN2O2/c1-16-8-13-10-5-4-9(15)7-12(10)18-11-3-2-6-17-14(11)19-13/h2-7,13,16H,8H2,1H3. The number of aromatic nitrogens is 1. The first-order valence-corrected chi connectivity index (χ1v) is 6.01. The first-order chi connectivity index (χ1) is 9.28. The Morgan fingerprint density at radius 3 is 3.05 bits per heavy atom. The number of nitrogens with zero attached hydrogens (tertiary/aromatic N) is 1. The zero-order chi connectivity index (χ0) is 13.2. The molecule has 1 aliphatic rings. The van der Waals surface area contributed by atoms with Crippen molar-refractivity contribution in [2.75, 3.05) is 13.6 Å². The van der Waals surface area contributed by atoms with Crippen LogP contribution in [0.15, 0.2) is 36.5 Å². The molecular weight excluding hydrogens is 247 g/mol. The number of benzene rings is 1. The number of likely N-dealkylation sites (N-methyl/N-ethyl adjacent to an activating group) is 1. The van der Waals surface area contributed by atoms with Crippen molar-refractivity contribution in [3.8, 4) is 17.4 Å². The number of ether oxygens (including phenoxy) is 2. The monoisotopic (exact) mass is 260 g/mol. The lowest BCUT2D eigenvalue weighted by atomic mass is 10.1. The van der Waals surface area contributed by atoms with Crippen LogP contribution in [0, 0.1) is 5.82 Å². The molecule has 19 heavy (non-hydrogen) atoms. The zero-order valence-corrected chi connectivity index (χ0v) is 10.4. The first-order valence-electron chi connectivity index (χ1n) is 6.01. The van der Waals surface area contributed by atoms with Crippen molar-refractivity contribution < 1.29 is 13.9 Å². The maximum absolute atomic E-state index is 13.4. The summed E-state index contributed by atoms with van der Waals surface area (Å²) in [4.78, 5) is 4.15. The van der Waals surface area contributed by atoms with E-state index in [1.165, 1.54) is 12.1 Å². The highest BCUT2D eigenvalue weighted by Crippen LogP contribution is 2.40. The molecule has 0 spiro atoms. The Hall–Kier alpha value is -2.14. The van der Waals surface area contributed by atoms with Gasteiger partial charge in [-0.05, 0) is 31.3 Å². The van der Waals surface area contributed by atoms with Crippen LogP contribution >= 0.6 is 0 Å². The molecule has 1 unspecified atom stereocenters. The summed E-state index contributed by atoms with van der Waals surface area (Å²) in [5, 5.41) is 3.05. The van der Waals surface area contributed by atoms with E-state index in [0.29, 0.717) is 23.9 Å². The molecule has 0 saturated carbocycles. The van der Waals surface area contributed by atoms with E-state index >= 15 is 0 Å². The van der Waals surface area contributed by atoms with Gasteiger partial charge in [0.15, 0.2) is 5.75 Å². The number of halogens is 1. The minimum atomic E-state index is -0.339. The maximum Gasteiger partial charge on any atom is 0.258 e. The number of fused-ring (bicyclic) bond motifs is 2. The summed E-state index contributed by atoms with van der Waals surface area (Å²) < 4.78 is 24.9. The summed E-state index contributed by atoms with van der Waals surface area (Å²) in [6.07, 6.45) is 1.37. The lowest BCUT2D eigenvalue weighted by molar-refractivity contribution is 0.198. The van der Waals surface area contributed by atoms with Gasteiger partial charge in [-0.25, -0.2) is 9.37 Å². The summed E-state index contributed by atoms with van der Waals surface area (Å²) in [6.45, 7) is 0.581. The van der Waals surface area contributed by atoms with Gasteiger partial charge in [0, 0.05) is 24.4 Å². The van der Waals surface area contributed by atoms with Gasteiger partial charge in [-0.2, -0.15) is 0 Å². The van der Waals surface area contributed by atoms with Gasteiger partial charge in [-0.3, -0.25) is 0 Å². The van der Waals surface area contributed by atoms with Gasteiger partial charge in [-0.15, -0.1) is 0 Å². The van der Waals surface area contributed by atoms with Gasteiger partial charge in [0.05, 0.1) is 0 Å². The highest BCUT2D eigenvalue weighted by Gasteiger charge is 2.25. The molecule has 5 heteroatoms. The minimum Gasteiger partial charge on any atom is -0.465 e. The maximum atomic E-state index is 13.4. The van der Waals surface area contributed by atoms with E-state index in [9.17, 15) is 4.39 Å². The number of pyridine rings is 1. The number of rotatable bonds is 2. The van der Waals surface area contributed by atoms with Gasteiger partial charge < -0.3 is 14.8 Å². The van der Waals surface area contributed by atoms with Crippen LogP contribution in [0.3, 0.4) is 0 Å². The topological polar surface area (TPSA) is 43.4 Å². The average molecular weight is 260 g/mol. The fourth-order valence-corrected chi connectivity index (χ4v) is 2.06. The van der Waals surface area contributed by atoms with Gasteiger partial charge >= 0.3 is 0 Å². The van der Waals surface area contributed by atoms with Crippen LogP contribution in [-0.2, 0) is 0 Å². The number of nitrogens with one attached hydrogen (secondary N) is 1. The minimum absolute atomic E-state index is 0.267. The molecule has 1 N–H and O–H groups in total. The van der Waals surface area contributed by atoms with Gasteiger partial charge in [0.2, 0.25) is 0 Å². The Morgan fingerprint density at radius 2 is 2.21 bits per heavy atom. The summed E-state index contributed by atoms with van der Waals surface area (Å²) in [5.74, 6) is 1.04. The third-order valence-electron chi connectivity index (χ3n) is 2.92. The lowest BCUT2D eigenvalue weighted by Crippen LogP contribution is -2.21. The first kappa shape index (κ1) is 11.9. The van der Waals surface area contributed by atoms with Gasteiger partial charge in [0.1, 0.15) is 17.7 Å². The molecule has 0 aliphatic carbocycles.